The van der Waals surface area contributed by atoms with Crippen molar-refractivity contribution in [2.45, 2.75) is 32.7 Å². The number of benzene rings is 1. The SMILES string of the molecule is C[C@H]1CCc2c(sc3nnn(Cc4cccc(Br)c4)c(=O)c23)C1. The van der Waals surface area contributed by atoms with Crippen molar-refractivity contribution in [3.05, 3.63) is 55.1 Å². The van der Waals surface area contributed by atoms with E-state index in [-0.39, 0.29) is 5.56 Å². The zero-order valence-corrected chi connectivity index (χ0v) is 15.2. The number of halogens is 1. The molecule has 1 aromatic carbocycles. The van der Waals surface area contributed by atoms with Gasteiger partial charge in [0.15, 0.2) is 4.83 Å². The van der Waals surface area contributed by atoms with Crippen LogP contribution >= 0.6 is 27.3 Å². The van der Waals surface area contributed by atoms with Gasteiger partial charge in [0.1, 0.15) is 0 Å². The van der Waals surface area contributed by atoms with Crippen LogP contribution in [0.2, 0.25) is 0 Å². The van der Waals surface area contributed by atoms with Crippen LogP contribution in [0.3, 0.4) is 0 Å². The van der Waals surface area contributed by atoms with Crippen LogP contribution in [0.15, 0.2) is 33.5 Å². The summed E-state index contributed by atoms with van der Waals surface area (Å²) < 4.78 is 2.48. The van der Waals surface area contributed by atoms with E-state index in [1.807, 2.05) is 24.3 Å². The van der Waals surface area contributed by atoms with Crippen molar-refractivity contribution in [1.29, 1.82) is 0 Å². The molecule has 3 aromatic rings. The maximum absolute atomic E-state index is 12.9. The monoisotopic (exact) mass is 389 g/mol. The number of fused-ring (bicyclic) bond motifs is 3. The molecular weight excluding hydrogens is 374 g/mol. The van der Waals surface area contributed by atoms with Crippen LogP contribution in [-0.2, 0) is 19.4 Å². The Kier molecular flexibility index (Phi) is 3.81. The van der Waals surface area contributed by atoms with Crippen LogP contribution in [0, 0.1) is 5.92 Å². The second kappa shape index (κ2) is 5.83. The maximum atomic E-state index is 12.9. The Balaban J connectivity index is 1.80. The Hall–Kier alpha value is -1.53. The first kappa shape index (κ1) is 15.0. The highest BCUT2D eigenvalue weighted by atomic mass is 79.9. The van der Waals surface area contributed by atoms with E-state index in [4.69, 9.17) is 0 Å². The lowest BCUT2D eigenvalue weighted by atomic mass is 9.89. The summed E-state index contributed by atoms with van der Waals surface area (Å²) in [6.07, 6.45) is 3.18. The molecule has 2 aromatic heterocycles. The molecule has 0 N–H and O–H groups in total. The molecule has 1 atom stereocenters. The molecule has 0 aliphatic heterocycles. The van der Waals surface area contributed by atoms with E-state index in [2.05, 4.69) is 33.2 Å². The van der Waals surface area contributed by atoms with Crippen LogP contribution in [0.5, 0.6) is 0 Å². The molecule has 0 saturated carbocycles. The van der Waals surface area contributed by atoms with E-state index >= 15 is 0 Å². The Morgan fingerprint density at radius 2 is 2.30 bits per heavy atom. The predicted molar refractivity (Wildman–Crippen MR) is 96.1 cm³/mol. The highest BCUT2D eigenvalue weighted by Crippen LogP contribution is 2.35. The third kappa shape index (κ3) is 2.74. The van der Waals surface area contributed by atoms with Crippen LogP contribution in [0.4, 0.5) is 0 Å². The second-order valence-electron chi connectivity index (χ2n) is 6.21. The van der Waals surface area contributed by atoms with Crippen LogP contribution in [-0.4, -0.2) is 15.0 Å². The number of rotatable bonds is 2. The summed E-state index contributed by atoms with van der Waals surface area (Å²) >= 11 is 5.10. The third-order valence-corrected chi connectivity index (χ3v) is 6.04. The fourth-order valence-electron chi connectivity index (χ4n) is 3.20. The Morgan fingerprint density at radius 3 is 3.13 bits per heavy atom. The van der Waals surface area contributed by atoms with Crippen LogP contribution in [0.25, 0.3) is 10.2 Å². The van der Waals surface area contributed by atoms with E-state index in [1.165, 1.54) is 15.1 Å². The lowest BCUT2D eigenvalue weighted by Gasteiger charge is -2.17. The van der Waals surface area contributed by atoms with Gasteiger partial charge in [-0.1, -0.05) is 40.2 Å². The average molecular weight is 390 g/mol. The van der Waals surface area contributed by atoms with Gasteiger partial charge >= 0.3 is 0 Å². The minimum Gasteiger partial charge on any atom is -0.267 e. The minimum absolute atomic E-state index is 0.0120. The lowest BCUT2D eigenvalue weighted by molar-refractivity contribution is 0.508. The summed E-state index contributed by atoms with van der Waals surface area (Å²) in [5, 5.41) is 9.25. The largest absolute Gasteiger partial charge is 0.279 e. The third-order valence-electron chi connectivity index (χ3n) is 4.41. The molecule has 4 rings (SSSR count). The molecule has 0 amide bonds. The van der Waals surface area contributed by atoms with Crippen molar-refractivity contribution in [3.8, 4) is 0 Å². The van der Waals surface area contributed by atoms with E-state index in [9.17, 15) is 4.79 Å². The maximum Gasteiger partial charge on any atom is 0.279 e. The Bertz CT molecular complexity index is 947. The number of hydrogen-bond acceptors (Lipinski definition) is 4. The molecule has 0 bridgehead atoms. The van der Waals surface area contributed by atoms with Gasteiger partial charge in [-0.3, -0.25) is 4.79 Å². The van der Waals surface area contributed by atoms with E-state index in [0.717, 1.165) is 39.5 Å². The number of aryl methyl sites for hydroxylation is 1. The zero-order chi connectivity index (χ0) is 16.0. The summed E-state index contributed by atoms with van der Waals surface area (Å²) in [5.41, 5.74) is 2.24. The normalized spacial score (nSPS) is 17.4. The van der Waals surface area contributed by atoms with Crippen molar-refractivity contribution in [2.75, 3.05) is 0 Å². The van der Waals surface area contributed by atoms with Gasteiger partial charge in [-0.2, -0.15) is 0 Å². The molecule has 118 valence electrons. The first-order valence-corrected chi connectivity index (χ1v) is 9.35. The van der Waals surface area contributed by atoms with Gasteiger partial charge < -0.3 is 0 Å². The summed E-state index contributed by atoms with van der Waals surface area (Å²) in [7, 11) is 0. The molecule has 0 spiro atoms. The number of aromatic nitrogens is 3. The highest BCUT2D eigenvalue weighted by Gasteiger charge is 2.23. The smallest absolute Gasteiger partial charge is 0.267 e. The number of hydrogen-bond donors (Lipinski definition) is 0. The molecule has 0 unspecified atom stereocenters. The summed E-state index contributed by atoms with van der Waals surface area (Å²) in [6, 6.07) is 7.93. The zero-order valence-electron chi connectivity index (χ0n) is 12.8. The number of thiophene rings is 1. The average Bonchev–Trinajstić information content (AvgIpc) is 2.88. The van der Waals surface area contributed by atoms with E-state index < -0.39 is 0 Å². The van der Waals surface area contributed by atoms with Crippen molar-refractivity contribution >= 4 is 37.5 Å². The quantitative estimate of drug-likeness (QED) is 0.669. The summed E-state index contributed by atoms with van der Waals surface area (Å²) in [6.45, 7) is 2.72. The summed E-state index contributed by atoms with van der Waals surface area (Å²) in [5.74, 6) is 0.687. The predicted octanol–water partition coefficient (Wildman–Crippen LogP) is 3.79. The van der Waals surface area contributed by atoms with Gasteiger partial charge in [-0.25, -0.2) is 4.68 Å². The first-order valence-electron chi connectivity index (χ1n) is 7.74. The fourth-order valence-corrected chi connectivity index (χ4v) is 4.97. The molecule has 2 heterocycles. The van der Waals surface area contributed by atoms with Gasteiger partial charge in [0.05, 0.1) is 11.9 Å². The van der Waals surface area contributed by atoms with Crippen LogP contribution < -0.4 is 5.56 Å². The second-order valence-corrected chi connectivity index (χ2v) is 8.21. The molecule has 0 fully saturated rings. The molecule has 0 radical (unpaired) electrons. The van der Waals surface area contributed by atoms with E-state index in [1.54, 1.807) is 11.3 Å². The minimum atomic E-state index is -0.0120. The van der Waals surface area contributed by atoms with Gasteiger partial charge in [0.2, 0.25) is 0 Å². The van der Waals surface area contributed by atoms with Crippen molar-refractivity contribution in [3.63, 3.8) is 0 Å². The van der Waals surface area contributed by atoms with Crippen LogP contribution in [0.1, 0.15) is 29.3 Å². The summed E-state index contributed by atoms with van der Waals surface area (Å²) in [4.78, 5) is 15.0. The van der Waals surface area contributed by atoms with E-state index in [0.29, 0.717) is 12.5 Å². The molecule has 1 aliphatic carbocycles. The lowest BCUT2D eigenvalue weighted by Crippen LogP contribution is -2.25. The topological polar surface area (TPSA) is 47.8 Å². The molecule has 0 saturated heterocycles. The standard InChI is InChI=1S/C17H16BrN3OS/c1-10-5-6-13-14(7-10)23-16-15(13)17(22)21(20-19-16)9-11-3-2-4-12(18)8-11/h2-4,8,10H,5-7,9H2,1H3/t10-/m0/s1. The van der Waals surface area contributed by atoms with Gasteiger partial charge in [-0.15, -0.1) is 16.4 Å². The van der Waals surface area contributed by atoms with Crippen molar-refractivity contribution in [1.82, 2.24) is 15.0 Å². The van der Waals surface area contributed by atoms with Crippen molar-refractivity contribution in [2.24, 2.45) is 5.92 Å². The fraction of sp³-hybridized carbons (Fsp3) is 0.353. The Labute approximate surface area is 146 Å². The van der Waals surface area contributed by atoms with Gasteiger partial charge in [0, 0.05) is 9.35 Å². The molecule has 23 heavy (non-hydrogen) atoms. The molecule has 1 aliphatic rings. The number of nitrogens with zero attached hydrogens (tertiary/aromatic N) is 3. The van der Waals surface area contributed by atoms with Crippen molar-refractivity contribution < 1.29 is 0 Å². The van der Waals surface area contributed by atoms with Gasteiger partial charge in [0.25, 0.3) is 5.56 Å². The molecular formula is C17H16BrN3OS. The molecule has 4 nitrogen and oxygen atoms in total. The van der Waals surface area contributed by atoms with Gasteiger partial charge in [-0.05, 0) is 48.4 Å². The molecule has 6 heteroatoms. The highest BCUT2D eigenvalue weighted by molar-refractivity contribution is 9.10. The Morgan fingerprint density at radius 1 is 1.43 bits per heavy atom. The first-order chi connectivity index (χ1) is 11.1.